The Labute approximate surface area is 150 Å². The number of nitrogens with one attached hydrogen (secondary N) is 2. The molecule has 7 nitrogen and oxygen atoms in total. The van der Waals surface area contributed by atoms with Gasteiger partial charge in [-0.2, -0.15) is 5.26 Å². The normalized spacial score (nSPS) is 11.0. The SMILES string of the molecule is CC(=O)Nc1ccc(NC(=O)C(C)OC(=O)c2cccc(C#N)c2)cc1. The Kier molecular flexibility index (Phi) is 6.06. The van der Waals surface area contributed by atoms with Gasteiger partial charge in [-0.25, -0.2) is 4.79 Å². The molecular formula is C19H17N3O4. The van der Waals surface area contributed by atoms with Crippen LogP contribution in [0.15, 0.2) is 48.5 Å². The number of hydrogen-bond donors (Lipinski definition) is 2. The van der Waals surface area contributed by atoms with Gasteiger partial charge in [-0.1, -0.05) is 6.07 Å². The number of benzene rings is 2. The van der Waals surface area contributed by atoms with Gasteiger partial charge in [0.2, 0.25) is 5.91 Å². The van der Waals surface area contributed by atoms with Gasteiger partial charge < -0.3 is 15.4 Å². The molecule has 2 aromatic rings. The Bertz CT molecular complexity index is 869. The van der Waals surface area contributed by atoms with E-state index in [-0.39, 0.29) is 11.5 Å². The van der Waals surface area contributed by atoms with Crippen molar-refractivity contribution in [1.82, 2.24) is 0 Å². The van der Waals surface area contributed by atoms with E-state index in [2.05, 4.69) is 10.6 Å². The largest absolute Gasteiger partial charge is 0.449 e. The molecule has 0 aliphatic rings. The molecular weight excluding hydrogens is 334 g/mol. The van der Waals surface area contributed by atoms with Crippen LogP contribution in [0.3, 0.4) is 0 Å². The van der Waals surface area contributed by atoms with Crippen LogP contribution in [0.4, 0.5) is 11.4 Å². The highest BCUT2D eigenvalue weighted by atomic mass is 16.5. The zero-order chi connectivity index (χ0) is 19.1. The minimum Gasteiger partial charge on any atom is -0.449 e. The van der Waals surface area contributed by atoms with Crippen LogP contribution >= 0.6 is 0 Å². The smallest absolute Gasteiger partial charge is 0.338 e. The number of nitrogens with zero attached hydrogens (tertiary/aromatic N) is 1. The van der Waals surface area contributed by atoms with Gasteiger partial charge in [-0.15, -0.1) is 0 Å². The molecule has 0 fully saturated rings. The van der Waals surface area contributed by atoms with Crippen molar-refractivity contribution in [3.63, 3.8) is 0 Å². The van der Waals surface area contributed by atoms with Crippen molar-refractivity contribution in [2.45, 2.75) is 20.0 Å². The summed E-state index contributed by atoms with van der Waals surface area (Å²) in [5.74, 6) is -1.38. The fraction of sp³-hybridized carbons (Fsp3) is 0.158. The second-order valence-electron chi connectivity index (χ2n) is 5.49. The molecule has 0 radical (unpaired) electrons. The molecule has 2 rings (SSSR count). The third kappa shape index (κ3) is 5.18. The van der Waals surface area contributed by atoms with Crippen molar-refractivity contribution in [3.8, 4) is 6.07 Å². The van der Waals surface area contributed by atoms with Gasteiger partial charge in [0, 0.05) is 18.3 Å². The lowest BCUT2D eigenvalue weighted by Crippen LogP contribution is -2.30. The van der Waals surface area contributed by atoms with Gasteiger partial charge in [-0.3, -0.25) is 9.59 Å². The summed E-state index contributed by atoms with van der Waals surface area (Å²) < 4.78 is 5.13. The van der Waals surface area contributed by atoms with E-state index in [1.807, 2.05) is 6.07 Å². The van der Waals surface area contributed by atoms with Crippen molar-refractivity contribution in [1.29, 1.82) is 5.26 Å². The number of anilines is 2. The zero-order valence-electron chi connectivity index (χ0n) is 14.3. The molecule has 2 aromatic carbocycles. The number of ether oxygens (including phenoxy) is 1. The van der Waals surface area contributed by atoms with Crippen LogP contribution in [-0.2, 0) is 14.3 Å². The second kappa shape index (κ2) is 8.44. The van der Waals surface area contributed by atoms with Crippen LogP contribution in [-0.4, -0.2) is 23.9 Å². The minimum atomic E-state index is -1.02. The van der Waals surface area contributed by atoms with E-state index in [4.69, 9.17) is 10.00 Å². The summed E-state index contributed by atoms with van der Waals surface area (Å²) in [6, 6.07) is 14.5. The Balaban J connectivity index is 1.95. The third-order valence-electron chi connectivity index (χ3n) is 3.35. The number of amides is 2. The molecule has 0 heterocycles. The highest BCUT2D eigenvalue weighted by Gasteiger charge is 2.19. The van der Waals surface area contributed by atoms with Crippen LogP contribution in [0.2, 0.25) is 0 Å². The molecule has 0 bridgehead atoms. The lowest BCUT2D eigenvalue weighted by atomic mass is 10.1. The lowest BCUT2D eigenvalue weighted by molar-refractivity contribution is -0.123. The number of carbonyl (C=O) groups excluding carboxylic acids is 3. The first-order valence-corrected chi connectivity index (χ1v) is 7.78. The van der Waals surface area contributed by atoms with Crippen LogP contribution in [0, 0.1) is 11.3 Å². The van der Waals surface area contributed by atoms with Crippen LogP contribution in [0.5, 0.6) is 0 Å². The van der Waals surface area contributed by atoms with Gasteiger partial charge >= 0.3 is 5.97 Å². The van der Waals surface area contributed by atoms with Gasteiger partial charge in [0.1, 0.15) is 0 Å². The Hall–Kier alpha value is -3.66. The quantitative estimate of drug-likeness (QED) is 0.805. The van der Waals surface area contributed by atoms with E-state index in [9.17, 15) is 14.4 Å². The van der Waals surface area contributed by atoms with Crippen LogP contribution in [0.1, 0.15) is 29.8 Å². The molecule has 2 amide bonds. The number of esters is 1. The number of hydrogen-bond acceptors (Lipinski definition) is 5. The summed E-state index contributed by atoms with van der Waals surface area (Å²) in [5, 5.41) is 14.1. The van der Waals surface area contributed by atoms with Gasteiger partial charge in [-0.05, 0) is 49.4 Å². The standard InChI is InChI=1S/C19H17N3O4/c1-12(26-19(25)15-5-3-4-14(10-15)11-20)18(24)22-17-8-6-16(7-9-17)21-13(2)23/h3-10,12H,1-2H3,(H,21,23)(H,22,24). The van der Waals surface area contributed by atoms with Gasteiger partial charge in [0.05, 0.1) is 17.2 Å². The highest BCUT2D eigenvalue weighted by Crippen LogP contribution is 2.14. The van der Waals surface area contributed by atoms with E-state index >= 15 is 0 Å². The number of nitriles is 1. The Morgan fingerprint density at radius 2 is 1.65 bits per heavy atom. The molecule has 1 atom stereocenters. The maximum Gasteiger partial charge on any atom is 0.338 e. The molecule has 1 unspecified atom stereocenters. The van der Waals surface area contributed by atoms with Crippen molar-refractivity contribution < 1.29 is 19.1 Å². The summed E-state index contributed by atoms with van der Waals surface area (Å²) in [6.45, 7) is 2.85. The van der Waals surface area contributed by atoms with Crippen LogP contribution < -0.4 is 10.6 Å². The molecule has 0 aliphatic heterocycles. The van der Waals surface area contributed by atoms with E-state index in [0.717, 1.165) is 0 Å². The van der Waals surface area contributed by atoms with E-state index < -0.39 is 18.0 Å². The Morgan fingerprint density at radius 3 is 2.23 bits per heavy atom. The highest BCUT2D eigenvalue weighted by molar-refractivity contribution is 5.97. The predicted molar refractivity (Wildman–Crippen MR) is 95.4 cm³/mol. The summed E-state index contributed by atoms with van der Waals surface area (Å²) >= 11 is 0. The fourth-order valence-corrected chi connectivity index (χ4v) is 2.08. The average molecular weight is 351 g/mol. The van der Waals surface area contributed by atoms with Crippen molar-refractivity contribution in [2.24, 2.45) is 0 Å². The molecule has 132 valence electrons. The molecule has 2 N–H and O–H groups in total. The number of carbonyl (C=O) groups is 3. The maximum atomic E-state index is 12.2. The molecule has 0 aromatic heterocycles. The molecule has 7 heteroatoms. The second-order valence-corrected chi connectivity index (χ2v) is 5.49. The molecule has 0 aliphatic carbocycles. The van der Waals surface area contributed by atoms with Gasteiger partial charge in [0.25, 0.3) is 5.91 Å². The summed E-state index contributed by atoms with van der Waals surface area (Å²) in [7, 11) is 0. The Morgan fingerprint density at radius 1 is 1.04 bits per heavy atom. The average Bonchev–Trinajstić information content (AvgIpc) is 2.62. The van der Waals surface area contributed by atoms with E-state index in [0.29, 0.717) is 16.9 Å². The topological polar surface area (TPSA) is 108 Å². The van der Waals surface area contributed by atoms with Crippen molar-refractivity contribution >= 4 is 29.2 Å². The van der Waals surface area contributed by atoms with E-state index in [1.165, 1.54) is 26.0 Å². The molecule has 0 saturated heterocycles. The summed E-state index contributed by atoms with van der Waals surface area (Å²) in [5.41, 5.74) is 1.63. The van der Waals surface area contributed by atoms with Crippen molar-refractivity contribution in [2.75, 3.05) is 10.6 Å². The van der Waals surface area contributed by atoms with E-state index in [1.54, 1.807) is 36.4 Å². The fourth-order valence-electron chi connectivity index (χ4n) is 2.08. The summed E-state index contributed by atoms with van der Waals surface area (Å²) in [6.07, 6.45) is -1.02. The molecule has 26 heavy (non-hydrogen) atoms. The molecule has 0 spiro atoms. The third-order valence-corrected chi connectivity index (χ3v) is 3.35. The first kappa shape index (κ1) is 18.7. The van der Waals surface area contributed by atoms with Crippen molar-refractivity contribution in [3.05, 3.63) is 59.7 Å². The zero-order valence-corrected chi connectivity index (χ0v) is 14.3. The maximum absolute atomic E-state index is 12.2. The number of rotatable bonds is 5. The predicted octanol–water partition coefficient (Wildman–Crippen LogP) is 2.70. The first-order valence-electron chi connectivity index (χ1n) is 7.78. The lowest BCUT2D eigenvalue weighted by Gasteiger charge is -2.14. The molecule has 0 saturated carbocycles. The minimum absolute atomic E-state index is 0.192. The first-order chi connectivity index (χ1) is 12.4. The monoisotopic (exact) mass is 351 g/mol. The summed E-state index contributed by atoms with van der Waals surface area (Å²) in [4.78, 5) is 35.2. The van der Waals surface area contributed by atoms with Gasteiger partial charge in [0.15, 0.2) is 6.10 Å². The van der Waals surface area contributed by atoms with Crippen LogP contribution in [0.25, 0.3) is 0 Å².